The highest BCUT2D eigenvalue weighted by atomic mass is 19.4. The molecule has 38 heavy (non-hydrogen) atoms. The van der Waals surface area contributed by atoms with Gasteiger partial charge in [-0.2, -0.15) is 18.3 Å². The Labute approximate surface area is 217 Å². The molecule has 2 aliphatic carbocycles. The lowest BCUT2D eigenvalue weighted by Gasteiger charge is -2.33. The predicted octanol–water partition coefficient (Wildman–Crippen LogP) is 5.86. The molecule has 11 heteroatoms. The maximum absolute atomic E-state index is 13.9. The SMILES string of the molecule is C[C@@H](NC1CC(F)C1)c1nc(C(F)(F)F)cc2c(-c3cccc([C@H](c4nncn4C)C4CCC4)c3)n[nH]c12. The number of aromatic nitrogens is 6. The van der Waals surface area contributed by atoms with Crippen LogP contribution in [0.1, 0.15) is 73.8 Å². The van der Waals surface area contributed by atoms with Gasteiger partial charge in [0, 0.05) is 36.0 Å². The molecule has 2 fully saturated rings. The summed E-state index contributed by atoms with van der Waals surface area (Å²) < 4.78 is 57.0. The molecule has 4 aromatic rings. The van der Waals surface area contributed by atoms with Crippen LogP contribution in [0.5, 0.6) is 0 Å². The first-order valence-corrected chi connectivity index (χ1v) is 13.0. The maximum Gasteiger partial charge on any atom is 0.433 e. The Hall–Kier alpha value is -3.34. The quantitative estimate of drug-likeness (QED) is 0.294. The number of rotatable bonds is 7. The molecule has 0 aliphatic heterocycles. The van der Waals surface area contributed by atoms with Crippen molar-refractivity contribution < 1.29 is 17.6 Å². The van der Waals surface area contributed by atoms with E-state index < -0.39 is 24.1 Å². The van der Waals surface area contributed by atoms with Crippen molar-refractivity contribution in [1.82, 2.24) is 35.3 Å². The first-order chi connectivity index (χ1) is 18.2. The van der Waals surface area contributed by atoms with E-state index in [-0.39, 0.29) is 17.7 Å². The van der Waals surface area contributed by atoms with Crippen LogP contribution in [-0.2, 0) is 13.2 Å². The van der Waals surface area contributed by atoms with Gasteiger partial charge >= 0.3 is 6.18 Å². The summed E-state index contributed by atoms with van der Waals surface area (Å²) in [6.45, 7) is 1.75. The maximum atomic E-state index is 13.9. The van der Waals surface area contributed by atoms with E-state index in [1.807, 2.05) is 35.9 Å². The summed E-state index contributed by atoms with van der Waals surface area (Å²) in [6.07, 6.45) is 0.231. The molecule has 3 aromatic heterocycles. The van der Waals surface area contributed by atoms with Crippen LogP contribution in [0.3, 0.4) is 0 Å². The van der Waals surface area contributed by atoms with Crippen molar-refractivity contribution >= 4 is 10.9 Å². The highest BCUT2D eigenvalue weighted by Crippen LogP contribution is 2.44. The van der Waals surface area contributed by atoms with E-state index in [0.717, 1.165) is 36.7 Å². The Bertz CT molecular complexity index is 1450. The van der Waals surface area contributed by atoms with Crippen LogP contribution in [0.2, 0.25) is 0 Å². The van der Waals surface area contributed by atoms with Crippen LogP contribution in [0.15, 0.2) is 36.7 Å². The number of fused-ring (bicyclic) bond motifs is 1. The fourth-order valence-corrected chi connectivity index (χ4v) is 5.70. The standard InChI is InChI=1S/C27H29F4N7/c1-14(33-19-10-18(28)11-19)23-25-20(12-21(34-23)27(29,30)31)24(35-36-25)17-8-4-7-16(9-17)22(15-5-3-6-15)26-37-32-13-38(26)2/h4,7-9,12-15,18-19,22,33H,3,5-6,10-11H2,1-2H3,(H,35,36)/t14-,18?,19?,22-/m1/s1. The monoisotopic (exact) mass is 527 g/mol. The van der Waals surface area contributed by atoms with E-state index in [2.05, 4.69) is 30.7 Å². The van der Waals surface area contributed by atoms with Gasteiger partial charge in [0.05, 0.1) is 11.2 Å². The summed E-state index contributed by atoms with van der Waals surface area (Å²) in [4.78, 5) is 3.97. The van der Waals surface area contributed by atoms with E-state index in [0.29, 0.717) is 40.9 Å². The van der Waals surface area contributed by atoms with Crippen LogP contribution < -0.4 is 5.32 Å². The minimum absolute atomic E-state index is 0.0374. The summed E-state index contributed by atoms with van der Waals surface area (Å²) in [5.74, 6) is 1.34. The second kappa shape index (κ2) is 9.44. The molecule has 6 rings (SSSR count). The zero-order valence-corrected chi connectivity index (χ0v) is 21.1. The number of hydrogen-bond donors (Lipinski definition) is 2. The van der Waals surface area contributed by atoms with Crippen LogP contribution in [0.25, 0.3) is 22.2 Å². The van der Waals surface area contributed by atoms with Crippen LogP contribution in [0.4, 0.5) is 17.6 Å². The molecular weight excluding hydrogens is 498 g/mol. The van der Waals surface area contributed by atoms with Crippen LogP contribution in [-0.4, -0.2) is 42.2 Å². The van der Waals surface area contributed by atoms with E-state index in [9.17, 15) is 17.6 Å². The van der Waals surface area contributed by atoms with Crippen molar-refractivity contribution in [3.8, 4) is 11.3 Å². The summed E-state index contributed by atoms with van der Waals surface area (Å²) in [5.41, 5.74) is 1.87. The fraction of sp³-hybridized carbons (Fsp3) is 0.481. The number of H-pyrrole nitrogens is 1. The van der Waals surface area contributed by atoms with E-state index in [4.69, 9.17) is 0 Å². The Morgan fingerprint density at radius 3 is 2.58 bits per heavy atom. The second-order valence-electron chi connectivity index (χ2n) is 10.6. The number of benzene rings is 1. The van der Waals surface area contributed by atoms with Gasteiger partial charge in [-0.25, -0.2) is 9.37 Å². The molecule has 2 saturated carbocycles. The van der Waals surface area contributed by atoms with Gasteiger partial charge in [0.2, 0.25) is 0 Å². The van der Waals surface area contributed by atoms with Gasteiger partial charge in [0.15, 0.2) is 0 Å². The van der Waals surface area contributed by atoms with Gasteiger partial charge in [-0.15, -0.1) is 10.2 Å². The summed E-state index contributed by atoms with van der Waals surface area (Å²) in [7, 11) is 1.92. The largest absolute Gasteiger partial charge is 0.433 e. The highest BCUT2D eigenvalue weighted by molar-refractivity contribution is 5.94. The lowest BCUT2D eigenvalue weighted by atomic mass is 9.72. The second-order valence-corrected chi connectivity index (χ2v) is 10.6. The van der Waals surface area contributed by atoms with Crippen molar-refractivity contribution in [3.05, 3.63) is 59.4 Å². The normalized spacial score (nSPS) is 21.7. The lowest BCUT2D eigenvalue weighted by molar-refractivity contribution is -0.141. The third-order valence-corrected chi connectivity index (χ3v) is 8.01. The van der Waals surface area contributed by atoms with Crippen molar-refractivity contribution in [2.24, 2.45) is 13.0 Å². The number of nitrogens with zero attached hydrogens (tertiary/aromatic N) is 5. The molecule has 0 spiro atoms. The first kappa shape index (κ1) is 25.0. The number of aryl methyl sites for hydroxylation is 1. The molecule has 2 aliphatic rings. The Balaban J connectivity index is 1.42. The molecule has 0 radical (unpaired) electrons. The molecular formula is C27H29F4N7. The predicted molar refractivity (Wildman–Crippen MR) is 134 cm³/mol. The summed E-state index contributed by atoms with van der Waals surface area (Å²) >= 11 is 0. The Morgan fingerprint density at radius 2 is 1.95 bits per heavy atom. The summed E-state index contributed by atoms with van der Waals surface area (Å²) in [6, 6.07) is 8.26. The van der Waals surface area contributed by atoms with E-state index >= 15 is 0 Å². The molecule has 2 atom stereocenters. The molecule has 7 nitrogen and oxygen atoms in total. The third kappa shape index (κ3) is 4.46. The number of nitrogens with one attached hydrogen (secondary N) is 2. The van der Waals surface area contributed by atoms with Crippen LogP contribution in [0, 0.1) is 5.92 Å². The number of halogens is 4. The third-order valence-electron chi connectivity index (χ3n) is 8.01. The molecule has 3 heterocycles. The lowest BCUT2D eigenvalue weighted by Crippen LogP contribution is -2.43. The zero-order valence-electron chi connectivity index (χ0n) is 21.1. The smallest absolute Gasteiger partial charge is 0.320 e. The Kier molecular flexibility index (Phi) is 6.20. The minimum atomic E-state index is -4.62. The summed E-state index contributed by atoms with van der Waals surface area (Å²) in [5, 5.41) is 19.4. The van der Waals surface area contributed by atoms with Gasteiger partial charge in [-0.3, -0.25) is 5.10 Å². The topological polar surface area (TPSA) is 84.3 Å². The molecule has 1 aromatic carbocycles. The average molecular weight is 528 g/mol. The van der Waals surface area contributed by atoms with Gasteiger partial charge in [-0.1, -0.05) is 24.6 Å². The highest BCUT2D eigenvalue weighted by Gasteiger charge is 2.37. The first-order valence-electron chi connectivity index (χ1n) is 13.0. The van der Waals surface area contributed by atoms with E-state index in [1.54, 1.807) is 13.3 Å². The minimum Gasteiger partial charge on any atom is -0.320 e. The zero-order chi connectivity index (χ0) is 26.6. The number of aromatic amines is 1. The number of alkyl halides is 4. The van der Waals surface area contributed by atoms with Gasteiger partial charge < -0.3 is 9.88 Å². The van der Waals surface area contributed by atoms with Crippen molar-refractivity contribution in [1.29, 1.82) is 0 Å². The molecule has 0 amide bonds. The molecule has 0 bridgehead atoms. The molecule has 2 N–H and O–H groups in total. The average Bonchev–Trinajstić information content (AvgIpc) is 3.45. The molecule has 200 valence electrons. The fourth-order valence-electron chi connectivity index (χ4n) is 5.70. The number of pyridine rings is 1. The van der Waals surface area contributed by atoms with Crippen molar-refractivity contribution in [2.45, 2.75) is 69.4 Å². The Morgan fingerprint density at radius 1 is 1.16 bits per heavy atom. The molecule has 0 unspecified atom stereocenters. The number of hydrogen-bond acceptors (Lipinski definition) is 5. The van der Waals surface area contributed by atoms with Crippen LogP contribution >= 0.6 is 0 Å². The van der Waals surface area contributed by atoms with Gasteiger partial charge in [0.1, 0.15) is 29.7 Å². The van der Waals surface area contributed by atoms with Crippen molar-refractivity contribution in [2.75, 3.05) is 0 Å². The van der Waals surface area contributed by atoms with Gasteiger partial charge in [0.25, 0.3) is 0 Å². The van der Waals surface area contributed by atoms with E-state index in [1.165, 1.54) is 0 Å². The van der Waals surface area contributed by atoms with Crippen molar-refractivity contribution in [3.63, 3.8) is 0 Å². The van der Waals surface area contributed by atoms with Gasteiger partial charge in [-0.05, 0) is 56.2 Å². The molecule has 0 saturated heterocycles.